The molecule has 1 aromatic carbocycles. The number of hydrogen-bond acceptors (Lipinski definition) is 2. The van der Waals surface area contributed by atoms with Crippen molar-refractivity contribution in [3.63, 3.8) is 0 Å². The van der Waals surface area contributed by atoms with E-state index in [9.17, 15) is 4.79 Å². The summed E-state index contributed by atoms with van der Waals surface area (Å²) >= 11 is 3.51. The number of amides is 1. The molecule has 1 amide bonds. The molecule has 18 heavy (non-hydrogen) atoms. The van der Waals surface area contributed by atoms with Gasteiger partial charge in [-0.25, -0.2) is 0 Å². The van der Waals surface area contributed by atoms with Crippen LogP contribution in [0.4, 0.5) is 5.69 Å². The second-order valence-electron chi connectivity index (χ2n) is 4.83. The standard InChI is InChI=1S/C14H21BrN2O/c1-9(2)16-6-5-13(18)17-12-7-10(3)14(15)11(4)8-12/h7-9,16H,5-6H2,1-4H3,(H,17,18). The Bertz CT molecular complexity index is 407. The molecule has 0 spiro atoms. The number of carbonyl (C=O) groups excluding carboxylic acids is 1. The number of aryl methyl sites for hydroxylation is 2. The number of benzene rings is 1. The normalized spacial score (nSPS) is 10.8. The Kier molecular flexibility index (Phi) is 5.82. The number of halogens is 1. The van der Waals surface area contributed by atoms with Gasteiger partial charge in [-0.2, -0.15) is 0 Å². The van der Waals surface area contributed by atoms with Gasteiger partial charge in [0.25, 0.3) is 0 Å². The van der Waals surface area contributed by atoms with E-state index in [1.807, 2.05) is 26.0 Å². The van der Waals surface area contributed by atoms with Crippen LogP contribution < -0.4 is 10.6 Å². The van der Waals surface area contributed by atoms with Crippen LogP contribution >= 0.6 is 15.9 Å². The van der Waals surface area contributed by atoms with Gasteiger partial charge < -0.3 is 10.6 Å². The summed E-state index contributed by atoms with van der Waals surface area (Å²) in [7, 11) is 0. The van der Waals surface area contributed by atoms with Crippen LogP contribution in [0.25, 0.3) is 0 Å². The topological polar surface area (TPSA) is 41.1 Å². The third kappa shape index (κ3) is 4.78. The molecule has 0 aromatic heterocycles. The molecule has 0 bridgehead atoms. The van der Waals surface area contributed by atoms with E-state index in [4.69, 9.17) is 0 Å². The Hall–Kier alpha value is -0.870. The quantitative estimate of drug-likeness (QED) is 0.875. The van der Waals surface area contributed by atoms with Crippen LogP contribution in [0.2, 0.25) is 0 Å². The number of hydrogen-bond donors (Lipinski definition) is 2. The summed E-state index contributed by atoms with van der Waals surface area (Å²) in [6.45, 7) is 8.89. The van der Waals surface area contributed by atoms with E-state index >= 15 is 0 Å². The molecule has 1 aromatic rings. The highest BCUT2D eigenvalue weighted by Crippen LogP contribution is 2.24. The van der Waals surface area contributed by atoms with Crippen LogP contribution in [0, 0.1) is 13.8 Å². The number of anilines is 1. The first-order valence-corrected chi connectivity index (χ1v) is 6.99. The van der Waals surface area contributed by atoms with Crippen molar-refractivity contribution in [2.24, 2.45) is 0 Å². The van der Waals surface area contributed by atoms with Gasteiger partial charge in [0.2, 0.25) is 5.91 Å². The monoisotopic (exact) mass is 312 g/mol. The average molecular weight is 313 g/mol. The minimum Gasteiger partial charge on any atom is -0.326 e. The first-order chi connectivity index (χ1) is 8.40. The maximum absolute atomic E-state index is 11.7. The molecular formula is C14H21BrN2O. The summed E-state index contributed by atoms with van der Waals surface area (Å²) in [6, 6.07) is 4.37. The Morgan fingerprint density at radius 2 is 1.83 bits per heavy atom. The zero-order chi connectivity index (χ0) is 13.7. The van der Waals surface area contributed by atoms with E-state index in [1.54, 1.807) is 0 Å². The molecule has 0 heterocycles. The highest BCUT2D eigenvalue weighted by atomic mass is 79.9. The molecule has 1 rings (SSSR count). The lowest BCUT2D eigenvalue weighted by molar-refractivity contribution is -0.116. The molecule has 4 heteroatoms. The van der Waals surface area contributed by atoms with Gasteiger partial charge in [0.05, 0.1) is 0 Å². The van der Waals surface area contributed by atoms with Crippen molar-refractivity contribution < 1.29 is 4.79 Å². The molecule has 2 N–H and O–H groups in total. The first-order valence-electron chi connectivity index (χ1n) is 6.20. The van der Waals surface area contributed by atoms with E-state index in [1.165, 1.54) is 0 Å². The Morgan fingerprint density at radius 1 is 1.28 bits per heavy atom. The fourth-order valence-electron chi connectivity index (χ4n) is 1.72. The van der Waals surface area contributed by atoms with Crippen molar-refractivity contribution in [1.29, 1.82) is 0 Å². The second kappa shape index (κ2) is 6.90. The van der Waals surface area contributed by atoms with Gasteiger partial charge in [-0.3, -0.25) is 4.79 Å². The Labute approximate surface area is 117 Å². The minimum absolute atomic E-state index is 0.0456. The fourth-order valence-corrected chi connectivity index (χ4v) is 1.94. The van der Waals surface area contributed by atoms with Gasteiger partial charge in [0, 0.05) is 29.2 Å². The summed E-state index contributed by atoms with van der Waals surface area (Å²) < 4.78 is 1.10. The molecule has 3 nitrogen and oxygen atoms in total. The van der Waals surface area contributed by atoms with Gasteiger partial charge >= 0.3 is 0 Å². The summed E-state index contributed by atoms with van der Waals surface area (Å²) in [5, 5.41) is 6.15. The van der Waals surface area contributed by atoms with Crippen LogP contribution in [0.5, 0.6) is 0 Å². The molecule has 0 aliphatic rings. The molecule has 0 aliphatic carbocycles. The zero-order valence-corrected chi connectivity index (χ0v) is 13.0. The molecule has 0 unspecified atom stereocenters. The van der Waals surface area contributed by atoms with Gasteiger partial charge in [-0.1, -0.05) is 29.8 Å². The van der Waals surface area contributed by atoms with Crippen LogP contribution in [-0.4, -0.2) is 18.5 Å². The summed E-state index contributed by atoms with van der Waals surface area (Å²) in [6.07, 6.45) is 0.492. The van der Waals surface area contributed by atoms with Gasteiger partial charge in [-0.05, 0) is 37.1 Å². The molecule has 0 aliphatic heterocycles. The van der Waals surface area contributed by atoms with Crippen molar-refractivity contribution >= 4 is 27.5 Å². The van der Waals surface area contributed by atoms with Crippen molar-refractivity contribution in [2.45, 2.75) is 40.2 Å². The first kappa shape index (κ1) is 15.2. The van der Waals surface area contributed by atoms with Crippen LogP contribution in [0.15, 0.2) is 16.6 Å². The fraction of sp³-hybridized carbons (Fsp3) is 0.500. The van der Waals surface area contributed by atoms with Crippen molar-refractivity contribution in [1.82, 2.24) is 5.32 Å². The van der Waals surface area contributed by atoms with Crippen LogP contribution in [0.1, 0.15) is 31.4 Å². The van der Waals surface area contributed by atoms with Crippen molar-refractivity contribution in [3.05, 3.63) is 27.7 Å². The van der Waals surface area contributed by atoms with Crippen LogP contribution in [-0.2, 0) is 4.79 Å². The van der Waals surface area contributed by atoms with Crippen LogP contribution in [0.3, 0.4) is 0 Å². The van der Waals surface area contributed by atoms with E-state index in [2.05, 4.69) is 40.4 Å². The summed E-state index contributed by atoms with van der Waals surface area (Å²) in [5.74, 6) is 0.0456. The number of nitrogens with one attached hydrogen (secondary N) is 2. The van der Waals surface area contributed by atoms with Gasteiger partial charge in [-0.15, -0.1) is 0 Å². The molecule has 0 radical (unpaired) electrons. The average Bonchev–Trinajstić information content (AvgIpc) is 2.25. The maximum Gasteiger partial charge on any atom is 0.225 e. The molecule has 100 valence electrons. The van der Waals surface area contributed by atoms with Gasteiger partial charge in [0.1, 0.15) is 0 Å². The smallest absolute Gasteiger partial charge is 0.225 e. The Balaban J connectivity index is 2.54. The van der Waals surface area contributed by atoms with Crippen molar-refractivity contribution in [2.75, 3.05) is 11.9 Å². The number of carbonyl (C=O) groups is 1. The highest BCUT2D eigenvalue weighted by Gasteiger charge is 2.06. The molecular weight excluding hydrogens is 292 g/mol. The third-order valence-corrected chi connectivity index (χ3v) is 3.88. The molecule has 0 atom stereocenters. The predicted octanol–water partition coefficient (Wildman–Crippen LogP) is 3.39. The van der Waals surface area contributed by atoms with Gasteiger partial charge in [0.15, 0.2) is 0 Å². The maximum atomic E-state index is 11.7. The van der Waals surface area contributed by atoms with E-state index in [0.717, 1.165) is 21.3 Å². The third-order valence-electron chi connectivity index (χ3n) is 2.62. The largest absolute Gasteiger partial charge is 0.326 e. The molecule has 0 saturated heterocycles. The van der Waals surface area contributed by atoms with E-state index in [-0.39, 0.29) is 5.91 Å². The molecule has 0 fully saturated rings. The number of rotatable bonds is 5. The van der Waals surface area contributed by atoms with E-state index < -0.39 is 0 Å². The zero-order valence-electron chi connectivity index (χ0n) is 11.4. The highest BCUT2D eigenvalue weighted by molar-refractivity contribution is 9.10. The van der Waals surface area contributed by atoms with E-state index in [0.29, 0.717) is 19.0 Å². The summed E-state index contributed by atoms with van der Waals surface area (Å²) in [5.41, 5.74) is 3.12. The Morgan fingerprint density at radius 3 is 2.33 bits per heavy atom. The lowest BCUT2D eigenvalue weighted by Crippen LogP contribution is -2.27. The summed E-state index contributed by atoms with van der Waals surface area (Å²) in [4.78, 5) is 11.7. The predicted molar refractivity (Wildman–Crippen MR) is 80.0 cm³/mol. The second-order valence-corrected chi connectivity index (χ2v) is 5.62. The molecule has 0 saturated carbocycles. The lowest BCUT2D eigenvalue weighted by Gasteiger charge is -2.11. The minimum atomic E-state index is 0.0456. The van der Waals surface area contributed by atoms with Crippen molar-refractivity contribution in [3.8, 4) is 0 Å². The SMILES string of the molecule is Cc1cc(NC(=O)CCNC(C)C)cc(C)c1Br. The lowest BCUT2D eigenvalue weighted by atomic mass is 10.1.